The second-order valence-electron chi connectivity index (χ2n) is 4.90. The molecule has 0 amide bonds. The molecule has 0 radical (unpaired) electrons. The summed E-state index contributed by atoms with van der Waals surface area (Å²) in [6.45, 7) is 5.10. The Balaban J connectivity index is 2.28. The van der Waals surface area contributed by atoms with Crippen molar-refractivity contribution >= 4 is 0 Å². The summed E-state index contributed by atoms with van der Waals surface area (Å²) in [6, 6.07) is 9.40. The lowest BCUT2D eigenvalue weighted by Gasteiger charge is -2.19. The van der Waals surface area contributed by atoms with E-state index in [0.717, 1.165) is 19.3 Å². The Labute approximate surface area is 121 Å². The molecule has 0 heterocycles. The number of aliphatic hydroxyl groups is 1. The first-order valence-corrected chi connectivity index (χ1v) is 7.24. The van der Waals surface area contributed by atoms with Crippen molar-refractivity contribution in [3.8, 4) is 11.8 Å². The lowest BCUT2D eigenvalue weighted by molar-refractivity contribution is 0.103. The van der Waals surface area contributed by atoms with E-state index in [1.165, 1.54) is 0 Å². The summed E-state index contributed by atoms with van der Waals surface area (Å²) in [5.41, 5.74) is 0.602. The second-order valence-corrected chi connectivity index (χ2v) is 4.90. The first-order chi connectivity index (χ1) is 9.69. The smallest absolute Gasteiger partial charge is 0.119 e. The molecular weight excluding hydrogens is 252 g/mol. The van der Waals surface area contributed by atoms with Gasteiger partial charge in [-0.3, -0.25) is 0 Å². The van der Waals surface area contributed by atoms with Gasteiger partial charge in [-0.05, 0) is 37.1 Å². The summed E-state index contributed by atoms with van der Waals surface area (Å²) in [7, 11) is 0. The summed E-state index contributed by atoms with van der Waals surface area (Å²) in [6.07, 6.45) is 2.80. The van der Waals surface area contributed by atoms with Crippen LogP contribution in [0.2, 0.25) is 0 Å². The van der Waals surface area contributed by atoms with Gasteiger partial charge in [-0.1, -0.05) is 20.3 Å². The van der Waals surface area contributed by atoms with E-state index in [-0.39, 0.29) is 6.61 Å². The maximum atomic E-state index is 9.88. The number of hydrogen-bond acceptors (Lipinski definition) is 4. The zero-order valence-corrected chi connectivity index (χ0v) is 12.3. The van der Waals surface area contributed by atoms with Crippen LogP contribution in [0.3, 0.4) is 0 Å². The average Bonchev–Trinajstić information content (AvgIpc) is 2.49. The second kappa shape index (κ2) is 9.35. The first-order valence-electron chi connectivity index (χ1n) is 7.24. The number of ether oxygens (including phenoxy) is 1. The topological polar surface area (TPSA) is 65.3 Å². The van der Waals surface area contributed by atoms with E-state index >= 15 is 0 Å². The van der Waals surface area contributed by atoms with Crippen LogP contribution in [-0.2, 0) is 0 Å². The van der Waals surface area contributed by atoms with Crippen molar-refractivity contribution in [1.29, 1.82) is 5.26 Å². The van der Waals surface area contributed by atoms with E-state index in [2.05, 4.69) is 25.2 Å². The van der Waals surface area contributed by atoms with E-state index < -0.39 is 6.10 Å². The standard InChI is InChI=1S/C16H24N2O2/c1-3-5-14(4-2)18-11-15(19)12-20-16-8-6-13(10-17)7-9-16/h6-9,14-15,18-19H,3-5,11-12H2,1-2H3. The third-order valence-electron chi connectivity index (χ3n) is 3.20. The Kier molecular flexibility index (Phi) is 7.71. The van der Waals surface area contributed by atoms with E-state index in [9.17, 15) is 5.11 Å². The third kappa shape index (κ3) is 6.05. The molecular formula is C16H24N2O2. The highest BCUT2D eigenvalue weighted by Crippen LogP contribution is 2.11. The largest absolute Gasteiger partial charge is 0.491 e. The van der Waals surface area contributed by atoms with Crippen molar-refractivity contribution in [3.05, 3.63) is 29.8 Å². The van der Waals surface area contributed by atoms with Crippen LogP contribution in [0.25, 0.3) is 0 Å². The minimum atomic E-state index is -0.531. The van der Waals surface area contributed by atoms with Crippen molar-refractivity contribution < 1.29 is 9.84 Å². The Morgan fingerprint density at radius 3 is 2.55 bits per heavy atom. The van der Waals surface area contributed by atoms with Crippen LogP contribution in [0.15, 0.2) is 24.3 Å². The van der Waals surface area contributed by atoms with E-state index in [4.69, 9.17) is 10.00 Å². The monoisotopic (exact) mass is 276 g/mol. The van der Waals surface area contributed by atoms with Gasteiger partial charge in [-0.2, -0.15) is 5.26 Å². The fraction of sp³-hybridized carbons (Fsp3) is 0.562. The molecule has 0 bridgehead atoms. The van der Waals surface area contributed by atoms with Crippen molar-refractivity contribution in [2.75, 3.05) is 13.2 Å². The molecule has 1 aromatic carbocycles. The Bertz CT molecular complexity index is 411. The quantitative estimate of drug-likeness (QED) is 0.727. The molecule has 2 N–H and O–H groups in total. The first kappa shape index (κ1) is 16.5. The molecule has 0 spiro atoms. The predicted molar refractivity (Wildman–Crippen MR) is 79.6 cm³/mol. The van der Waals surface area contributed by atoms with Gasteiger partial charge >= 0.3 is 0 Å². The molecule has 110 valence electrons. The fourth-order valence-electron chi connectivity index (χ4n) is 1.98. The Hall–Kier alpha value is -1.57. The van der Waals surface area contributed by atoms with Crippen molar-refractivity contribution in [1.82, 2.24) is 5.32 Å². The van der Waals surface area contributed by atoms with Gasteiger partial charge in [0.1, 0.15) is 18.5 Å². The minimum absolute atomic E-state index is 0.251. The number of aliphatic hydroxyl groups excluding tert-OH is 1. The van der Waals surface area contributed by atoms with Crippen LogP contribution >= 0.6 is 0 Å². The van der Waals surface area contributed by atoms with Gasteiger partial charge in [0.25, 0.3) is 0 Å². The highest BCUT2D eigenvalue weighted by Gasteiger charge is 2.09. The van der Waals surface area contributed by atoms with Crippen molar-refractivity contribution in [2.45, 2.75) is 45.3 Å². The van der Waals surface area contributed by atoms with Crippen LogP contribution in [0, 0.1) is 11.3 Å². The summed E-state index contributed by atoms with van der Waals surface area (Å²) in [5.74, 6) is 0.670. The van der Waals surface area contributed by atoms with Crippen LogP contribution in [0.4, 0.5) is 0 Å². The molecule has 0 aliphatic heterocycles. The average molecular weight is 276 g/mol. The molecule has 2 unspecified atom stereocenters. The van der Waals surface area contributed by atoms with Crippen molar-refractivity contribution in [3.63, 3.8) is 0 Å². The summed E-state index contributed by atoms with van der Waals surface area (Å²) < 4.78 is 5.49. The van der Waals surface area contributed by atoms with Gasteiger partial charge in [0.2, 0.25) is 0 Å². The molecule has 20 heavy (non-hydrogen) atoms. The normalized spacial score (nSPS) is 13.5. The van der Waals surface area contributed by atoms with Gasteiger partial charge in [0.05, 0.1) is 11.6 Å². The number of benzene rings is 1. The van der Waals surface area contributed by atoms with Gasteiger partial charge < -0.3 is 15.2 Å². The van der Waals surface area contributed by atoms with E-state index in [0.29, 0.717) is 23.9 Å². The third-order valence-corrected chi connectivity index (χ3v) is 3.20. The highest BCUT2D eigenvalue weighted by molar-refractivity contribution is 5.34. The summed E-state index contributed by atoms with van der Waals surface area (Å²) >= 11 is 0. The number of nitriles is 1. The number of rotatable bonds is 9. The number of nitrogens with zero attached hydrogens (tertiary/aromatic N) is 1. The number of hydrogen-bond donors (Lipinski definition) is 2. The van der Waals surface area contributed by atoms with Crippen LogP contribution in [-0.4, -0.2) is 30.4 Å². The summed E-state index contributed by atoms with van der Waals surface area (Å²) in [5, 5.41) is 21.9. The Morgan fingerprint density at radius 2 is 2.00 bits per heavy atom. The van der Waals surface area contributed by atoms with Crippen molar-refractivity contribution in [2.24, 2.45) is 0 Å². The van der Waals surface area contributed by atoms with E-state index in [1.54, 1.807) is 24.3 Å². The molecule has 0 aromatic heterocycles. The predicted octanol–water partition coefficient (Wildman–Crippen LogP) is 2.47. The lowest BCUT2D eigenvalue weighted by Crippen LogP contribution is -2.37. The minimum Gasteiger partial charge on any atom is -0.491 e. The highest BCUT2D eigenvalue weighted by atomic mass is 16.5. The molecule has 4 heteroatoms. The fourth-order valence-corrected chi connectivity index (χ4v) is 1.98. The van der Waals surface area contributed by atoms with E-state index in [1.807, 2.05) is 0 Å². The lowest BCUT2D eigenvalue weighted by atomic mass is 10.1. The van der Waals surface area contributed by atoms with Gasteiger partial charge in [-0.15, -0.1) is 0 Å². The molecule has 1 rings (SSSR count). The zero-order chi connectivity index (χ0) is 14.8. The maximum absolute atomic E-state index is 9.88. The molecule has 0 saturated heterocycles. The molecule has 1 aromatic rings. The molecule has 0 saturated carbocycles. The van der Waals surface area contributed by atoms with Gasteiger partial charge in [0.15, 0.2) is 0 Å². The SMILES string of the molecule is CCCC(CC)NCC(O)COc1ccc(C#N)cc1. The summed E-state index contributed by atoms with van der Waals surface area (Å²) in [4.78, 5) is 0. The molecule has 4 nitrogen and oxygen atoms in total. The van der Waals surface area contributed by atoms with Crippen LogP contribution < -0.4 is 10.1 Å². The molecule has 2 atom stereocenters. The van der Waals surface area contributed by atoms with Gasteiger partial charge in [0, 0.05) is 12.6 Å². The maximum Gasteiger partial charge on any atom is 0.119 e. The van der Waals surface area contributed by atoms with Crippen LogP contribution in [0.5, 0.6) is 5.75 Å². The molecule has 0 aliphatic rings. The zero-order valence-electron chi connectivity index (χ0n) is 12.3. The molecule has 0 aliphatic carbocycles. The number of nitrogens with one attached hydrogen (secondary N) is 1. The van der Waals surface area contributed by atoms with Gasteiger partial charge in [-0.25, -0.2) is 0 Å². The molecule has 0 fully saturated rings. The Morgan fingerprint density at radius 1 is 1.30 bits per heavy atom. The van der Waals surface area contributed by atoms with Crippen LogP contribution in [0.1, 0.15) is 38.7 Å².